The van der Waals surface area contributed by atoms with Crippen molar-refractivity contribution in [3.63, 3.8) is 0 Å². The molecule has 11 heteroatoms. The molecule has 2 aliphatic heterocycles. The van der Waals surface area contributed by atoms with E-state index in [1.54, 1.807) is 47.4 Å². The largest absolute Gasteiger partial charge is 0.363 e. The second kappa shape index (κ2) is 9.80. The Balaban J connectivity index is 1.53. The van der Waals surface area contributed by atoms with Crippen LogP contribution in [0.25, 0.3) is 10.8 Å². The van der Waals surface area contributed by atoms with E-state index in [2.05, 4.69) is 0 Å². The van der Waals surface area contributed by atoms with Crippen LogP contribution in [0.1, 0.15) is 46.0 Å². The summed E-state index contributed by atoms with van der Waals surface area (Å²) in [7, 11) is -3.71. The number of hydrogen-bond donors (Lipinski definition) is 0. The molecule has 0 atom stereocenters. The lowest BCUT2D eigenvalue weighted by atomic mass is 9.91. The molecule has 2 amide bonds. The van der Waals surface area contributed by atoms with E-state index < -0.39 is 26.8 Å². The van der Waals surface area contributed by atoms with Gasteiger partial charge in [-0.15, -0.1) is 0 Å². The van der Waals surface area contributed by atoms with Crippen molar-refractivity contribution in [1.82, 2.24) is 9.21 Å². The Kier molecular flexibility index (Phi) is 6.66. The fourth-order valence-electron chi connectivity index (χ4n) is 5.19. The average Bonchev–Trinajstić information content (AvgIpc) is 2.91. The monoisotopic (exact) mass is 536 g/mol. The summed E-state index contributed by atoms with van der Waals surface area (Å²) in [6, 6.07) is 12.9. The van der Waals surface area contributed by atoms with Gasteiger partial charge < -0.3 is 4.90 Å². The third-order valence-electron chi connectivity index (χ3n) is 7.21. The molecule has 1 saturated heterocycles. The van der Waals surface area contributed by atoms with Crippen LogP contribution in [0.5, 0.6) is 0 Å². The highest BCUT2D eigenvalue weighted by Gasteiger charge is 2.38. The third kappa shape index (κ3) is 4.21. The molecule has 3 aromatic carbocycles. The number of imide groups is 1. The molecule has 5 rings (SSSR count). The van der Waals surface area contributed by atoms with E-state index in [4.69, 9.17) is 0 Å². The second-order valence-corrected chi connectivity index (χ2v) is 11.5. The van der Waals surface area contributed by atoms with Gasteiger partial charge in [0.15, 0.2) is 0 Å². The van der Waals surface area contributed by atoms with Crippen molar-refractivity contribution in [3.8, 4) is 0 Å². The van der Waals surface area contributed by atoms with E-state index in [0.29, 0.717) is 28.4 Å². The van der Waals surface area contributed by atoms with Crippen molar-refractivity contribution < 1.29 is 22.9 Å². The SMILES string of the molecule is CCCCN1C(=O)c2cccc3c(N4CCN(S(=O)(=O)c5ccc(C)cc5)CC4)c([N+](=O)[O-])cc(c23)C1=O. The quantitative estimate of drug-likeness (QED) is 0.255. The summed E-state index contributed by atoms with van der Waals surface area (Å²) >= 11 is 0. The van der Waals surface area contributed by atoms with E-state index in [-0.39, 0.29) is 48.9 Å². The molecule has 38 heavy (non-hydrogen) atoms. The van der Waals surface area contributed by atoms with Gasteiger partial charge in [-0.3, -0.25) is 24.6 Å². The molecule has 0 N–H and O–H groups in total. The van der Waals surface area contributed by atoms with Crippen molar-refractivity contribution in [3.05, 3.63) is 75.3 Å². The molecule has 0 unspecified atom stereocenters. The summed E-state index contributed by atoms with van der Waals surface area (Å²) in [5.41, 5.74) is 1.49. The van der Waals surface area contributed by atoms with Gasteiger partial charge in [0.05, 0.1) is 15.4 Å². The number of sulfonamides is 1. The zero-order chi connectivity index (χ0) is 27.2. The smallest absolute Gasteiger partial charge is 0.293 e. The van der Waals surface area contributed by atoms with Gasteiger partial charge in [-0.05, 0) is 31.5 Å². The van der Waals surface area contributed by atoms with Crippen LogP contribution in [0.3, 0.4) is 0 Å². The number of piperazine rings is 1. The number of carbonyl (C=O) groups is 2. The summed E-state index contributed by atoms with van der Waals surface area (Å²) in [6.45, 7) is 4.79. The lowest BCUT2D eigenvalue weighted by Gasteiger charge is -2.36. The number of anilines is 1. The van der Waals surface area contributed by atoms with Crippen LogP contribution in [-0.2, 0) is 10.0 Å². The molecule has 0 saturated carbocycles. The van der Waals surface area contributed by atoms with Gasteiger partial charge in [0, 0.05) is 55.1 Å². The van der Waals surface area contributed by atoms with Crippen LogP contribution in [0, 0.1) is 17.0 Å². The number of rotatable bonds is 7. The fourth-order valence-corrected chi connectivity index (χ4v) is 6.61. The maximum Gasteiger partial charge on any atom is 0.293 e. The lowest BCUT2D eigenvalue weighted by Crippen LogP contribution is -2.49. The van der Waals surface area contributed by atoms with Crippen molar-refractivity contribution in [2.24, 2.45) is 0 Å². The molecule has 2 heterocycles. The van der Waals surface area contributed by atoms with E-state index in [0.717, 1.165) is 12.0 Å². The fraction of sp³-hybridized carbons (Fsp3) is 0.333. The van der Waals surface area contributed by atoms with Gasteiger partial charge in [-0.2, -0.15) is 4.31 Å². The molecule has 0 radical (unpaired) electrons. The number of nitrogens with zero attached hydrogens (tertiary/aromatic N) is 4. The molecule has 3 aromatic rings. The highest BCUT2D eigenvalue weighted by molar-refractivity contribution is 7.89. The molecule has 198 valence electrons. The van der Waals surface area contributed by atoms with Crippen molar-refractivity contribution in [1.29, 1.82) is 0 Å². The van der Waals surface area contributed by atoms with Gasteiger partial charge in [-0.25, -0.2) is 8.42 Å². The Bertz CT molecular complexity index is 1560. The van der Waals surface area contributed by atoms with Gasteiger partial charge in [0.1, 0.15) is 5.69 Å². The number of amides is 2. The Hall–Kier alpha value is -3.83. The first-order valence-corrected chi connectivity index (χ1v) is 14.0. The summed E-state index contributed by atoms with van der Waals surface area (Å²) in [5.74, 6) is -0.939. The Morgan fingerprint density at radius 3 is 2.24 bits per heavy atom. The van der Waals surface area contributed by atoms with Gasteiger partial charge in [-0.1, -0.05) is 43.2 Å². The Labute approximate surface area is 220 Å². The first-order chi connectivity index (χ1) is 18.1. The van der Waals surface area contributed by atoms with Crippen LogP contribution in [0.4, 0.5) is 11.4 Å². The molecular weight excluding hydrogens is 508 g/mol. The van der Waals surface area contributed by atoms with Crippen molar-refractivity contribution >= 4 is 44.0 Å². The van der Waals surface area contributed by atoms with E-state index in [1.807, 2.05) is 13.8 Å². The lowest BCUT2D eigenvalue weighted by molar-refractivity contribution is -0.384. The van der Waals surface area contributed by atoms with Crippen LogP contribution < -0.4 is 4.90 Å². The highest BCUT2D eigenvalue weighted by Crippen LogP contribution is 2.42. The third-order valence-corrected chi connectivity index (χ3v) is 9.12. The molecule has 1 fully saturated rings. The van der Waals surface area contributed by atoms with Crippen molar-refractivity contribution in [2.75, 3.05) is 37.6 Å². The number of nitro benzene ring substituents is 1. The van der Waals surface area contributed by atoms with Crippen LogP contribution >= 0.6 is 0 Å². The zero-order valence-electron chi connectivity index (χ0n) is 21.2. The van der Waals surface area contributed by atoms with Gasteiger partial charge in [0.2, 0.25) is 10.0 Å². The summed E-state index contributed by atoms with van der Waals surface area (Å²) in [5, 5.41) is 13.1. The summed E-state index contributed by atoms with van der Waals surface area (Å²) in [4.78, 5) is 41.4. The molecule has 10 nitrogen and oxygen atoms in total. The van der Waals surface area contributed by atoms with Crippen molar-refractivity contribution in [2.45, 2.75) is 31.6 Å². The van der Waals surface area contributed by atoms with Gasteiger partial charge >= 0.3 is 0 Å². The number of carbonyl (C=O) groups excluding carboxylic acids is 2. The molecule has 0 bridgehead atoms. The number of benzene rings is 3. The maximum absolute atomic E-state index is 13.3. The Morgan fingerprint density at radius 1 is 0.947 bits per heavy atom. The summed E-state index contributed by atoms with van der Waals surface area (Å²) in [6.07, 6.45) is 1.43. The first kappa shape index (κ1) is 25.8. The average molecular weight is 537 g/mol. The van der Waals surface area contributed by atoms with Crippen LogP contribution in [0.2, 0.25) is 0 Å². The Morgan fingerprint density at radius 2 is 1.61 bits per heavy atom. The zero-order valence-corrected chi connectivity index (χ0v) is 22.0. The maximum atomic E-state index is 13.3. The van der Waals surface area contributed by atoms with E-state index >= 15 is 0 Å². The first-order valence-electron chi connectivity index (χ1n) is 12.6. The molecule has 0 aliphatic carbocycles. The van der Waals surface area contributed by atoms with Crippen LogP contribution in [-0.4, -0.2) is 67.1 Å². The minimum absolute atomic E-state index is 0.138. The van der Waals surface area contributed by atoms with Crippen LogP contribution in [0.15, 0.2) is 53.4 Å². The standard InChI is InChI=1S/C27H28N4O6S/c1-3-4-12-30-26(32)21-7-5-6-20-24(21)22(27(30)33)17-23(31(34)35)25(20)28-13-15-29(16-14-28)38(36,37)19-10-8-18(2)9-11-19/h5-11,17H,3-4,12-16H2,1-2H3. The second-order valence-electron chi connectivity index (χ2n) is 9.60. The van der Waals surface area contributed by atoms with E-state index in [1.165, 1.54) is 15.3 Å². The highest BCUT2D eigenvalue weighted by atomic mass is 32.2. The normalized spacial score (nSPS) is 16.4. The molecule has 0 spiro atoms. The molecular formula is C27H28N4O6S. The number of hydrogen-bond acceptors (Lipinski definition) is 7. The number of nitro groups is 1. The molecule has 0 aromatic heterocycles. The topological polar surface area (TPSA) is 121 Å². The summed E-state index contributed by atoms with van der Waals surface area (Å²) < 4.78 is 27.7. The number of aryl methyl sites for hydroxylation is 1. The predicted molar refractivity (Wildman–Crippen MR) is 143 cm³/mol. The number of unbranched alkanes of at least 4 members (excludes halogenated alkanes) is 1. The van der Waals surface area contributed by atoms with E-state index in [9.17, 15) is 28.1 Å². The molecule has 2 aliphatic rings. The minimum atomic E-state index is -3.71. The minimum Gasteiger partial charge on any atom is -0.363 e. The predicted octanol–water partition coefficient (Wildman–Crippen LogP) is 3.96. The van der Waals surface area contributed by atoms with Gasteiger partial charge in [0.25, 0.3) is 17.5 Å².